The molecule has 0 aliphatic heterocycles. The zero-order chi connectivity index (χ0) is 11.2. The maximum Gasteiger partial charge on any atom is 0.197 e. The van der Waals surface area contributed by atoms with E-state index in [2.05, 4.69) is 44.3 Å². The summed E-state index contributed by atoms with van der Waals surface area (Å²) in [6, 6.07) is 0. The molecule has 0 saturated carbocycles. The largest absolute Gasteiger partial charge is 0.244 e. The molecule has 2 nitrogen and oxygen atoms in total. The van der Waals surface area contributed by atoms with Crippen molar-refractivity contribution < 1.29 is 4.57 Å². The summed E-state index contributed by atoms with van der Waals surface area (Å²) in [5.74, 6) is 0.541. The number of pyridine rings is 1. The molecule has 3 heteroatoms. The number of hydrogen-bond acceptors (Lipinski definition) is 2. The Balaban J connectivity index is 2.92. The summed E-state index contributed by atoms with van der Waals surface area (Å²) in [6.45, 7) is 8.82. The number of thiazole rings is 1. The lowest BCUT2D eigenvalue weighted by Crippen LogP contribution is -2.38. The summed E-state index contributed by atoms with van der Waals surface area (Å²) in [7, 11) is 2.15. The number of nitrogens with zero attached hydrogens (tertiary/aromatic N) is 2. The van der Waals surface area contributed by atoms with Gasteiger partial charge in [-0.25, -0.2) is 9.55 Å². The number of hydrogen-bond donors (Lipinski definition) is 0. The third kappa shape index (κ3) is 1.46. The van der Waals surface area contributed by atoms with Gasteiger partial charge in [0.15, 0.2) is 11.4 Å². The molecule has 2 rings (SSSR count). The Labute approximate surface area is 94.6 Å². The minimum Gasteiger partial charge on any atom is -0.244 e. The lowest BCUT2D eigenvalue weighted by molar-refractivity contribution is -0.685. The summed E-state index contributed by atoms with van der Waals surface area (Å²) >= 11 is 1.73. The summed E-state index contributed by atoms with van der Waals surface area (Å²) in [4.78, 5) is 4.47. The average Bonchev–Trinajstić information content (AvgIpc) is 2.62. The van der Waals surface area contributed by atoms with Crippen LogP contribution in [-0.2, 0) is 7.05 Å². The predicted octanol–water partition coefficient (Wildman–Crippen LogP) is 2.86. The van der Waals surface area contributed by atoms with E-state index in [1.807, 2.05) is 5.51 Å². The van der Waals surface area contributed by atoms with Gasteiger partial charge in [0.25, 0.3) is 0 Å². The molecule has 0 atom stereocenters. The van der Waals surface area contributed by atoms with Crippen LogP contribution < -0.4 is 4.57 Å². The van der Waals surface area contributed by atoms with Crippen LogP contribution in [0.1, 0.15) is 36.7 Å². The Morgan fingerprint density at radius 2 is 2.00 bits per heavy atom. The Kier molecular flexibility index (Phi) is 2.51. The fourth-order valence-corrected chi connectivity index (χ4v) is 3.18. The van der Waals surface area contributed by atoms with Gasteiger partial charge in [-0.3, -0.25) is 0 Å². The highest BCUT2D eigenvalue weighted by Gasteiger charge is 2.22. The maximum absolute atomic E-state index is 4.47. The molecule has 0 aliphatic rings. The third-order valence-corrected chi connectivity index (χ3v) is 3.98. The van der Waals surface area contributed by atoms with Crippen molar-refractivity contribution in [3.05, 3.63) is 22.5 Å². The van der Waals surface area contributed by atoms with Gasteiger partial charge in [0.1, 0.15) is 11.7 Å². The quantitative estimate of drug-likeness (QED) is 0.677. The standard InChI is InChI=1S/C12H17N2S/c1-7(2)11-8(3)10-12(15-6-13-10)9(4)14(11)5/h6-7H,1-5H3/q+1. The highest BCUT2D eigenvalue weighted by atomic mass is 32.1. The summed E-state index contributed by atoms with van der Waals surface area (Å²) in [5.41, 5.74) is 7.16. The van der Waals surface area contributed by atoms with Gasteiger partial charge in [-0.15, -0.1) is 11.3 Å². The van der Waals surface area contributed by atoms with E-state index in [4.69, 9.17) is 0 Å². The first-order chi connectivity index (χ1) is 7.04. The Morgan fingerprint density at radius 1 is 1.33 bits per heavy atom. The average molecular weight is 221 g/mol. The molecule has 0 radical (unpaired) electrons. The van der Waals surface area contributed by atoms with Gasteiger partial charge in [-0.2, -0.15) is 0 Å². The van der Waals surface area contributed by atoms with Crippen LogP contribution in [0.25, 0.3) is 10.2 Å². The van der Waals surface area contributed by atoms with Gasteiger partial charge >= 0.3 is 0 Å². The van der Waals surface area contributed by atoms with Crippen molar-refractivity contribution in [3.8, 4) is 0 Å². The van der Waals surface area contributed by atoms with E-state index >= 15 is 0 Å². The molecule has 15 heavy (non-hydrogen) atoms. The van der Waals surface area contributed by atoms with Crippen molar-refractivity contribution in [2.45, 2.75) is 33.6 Å². The van der Waals surface area contributed by atoms with Crippen LogP contribution in [0.5, 0.6) is 0 Å². The Morgan fingerprint density at radius 3 is 2.60 bits per heavy atom. The molecule has 0 amide bonds. The first-order valence-corrected chi connectivity index (χ1v) is 6.14. The number of aryl methyl sites for hydroxylation is 2. The summed E-state index contributed by atoms with van der Waals surface area (Å²) in [5, 5.41) is 0. The topological polar surface area (TPSA) is 16.8 Å². The molecule has 0 bridgehead atoms. The predicted molar refractivity (Wildman–Crippen MR) is 64.4 cm³/mol. The van der Waals surface area contributed by atoms with Crippen LogP contribution in [0.15, 0.2) is 5.51 Å². The van der Waals surface area contributed by atoms with Crippen LogP contribution in [-0.4, -0.2) is 4.98 Å². The second-order valence-corrected chi connectivity index (χ2v) is 5.19. The van der Waals surface area contributed by atoms with Crippen LogP contribution in [0.2, 0.25) is 0 Å². The first kappa shape index (κ1) is 10.6. The zero-order valence-electron chi connectivity index (χ0n) is 9.96. The maximum atomic E-state index is 4.47. The molecular weight excluding hydrogens is 204 g/mol. The van der Waals surface area contributed by atoms with Crippen molar-refractivity contribution in [2.24, 2.45) is 7.05 Å². The fourth-order valence-electron chi connectivity index (χ4n) is 2.30. The van der Waals surface area contributed by atoms with Crippen LogP contribution in [0.3, 0.4) is 0 Å². The second-order valence-electron chi connectivity index (χ2n) is 4.34. The monoisotopic (exact) mass is 221 g/mol. The molecule has 0 aliphatic carbocycles. The summed E-state index contributed by atoms with van der Waals surface area (Å²) in [6.07, 6.45) is 0. The van der Waals surface area contributed by atoms with Gasteiger partial charge < -0.3 is 0 Å². The SMILES string of the molecule is Cc1c(C(C)C)[n+](C)c(C)c2scnc12. The molecule has 0 unspecified atom stereocenters. The van der Waals surface area contributed by atoms with E-state index < -0.39 is 0 Å². The van der Waals surface area contributed by atoms with Crippen LogP contribution in [0.4, 0.5) is 0 Å². The van der Waals surface area contributed by atoms with E-state index in [0.717, 1.165) is 0 Å². The van der Waals surface area contributed by atoms with Crippen LogP contribution >= 0.6 is 11.3 Å². The van der Waals surface area contributed by atoms with Crippen molar-refractivity contribution in [2.75, 3.05) is 0 Å². The van der Waals surface area contributed by atoms with Gasteiger partial charge in [-0.05, 0) is 6.92 Å². The molecule has 0 aromatic carbocycles. The molecule has 80 valence electrons. The molecule has 0 saturated heterocycles. The number of rotatable bonds is 1. The fraction of sp³-hybridized carbons (Fsp3) is 0.500. The van der Waals surface area contributed by atoms with E-state index in [0.29, 0.717) is 5.92 Å². The van der Waals surface area contributed by atoms with Gasteiger partial charge in [0.05, 0.1) is 11.0 Å². The first-order valence-electron chi connectivity index (χ1n) is 5.26. The highest BCUT2D eigenvalue weighted by molar-refractivity contribution is 7.16. The van der Waals surface area contributed by atoms with Crippen molar-refractivity contribution in [3.63, 3.8) is 0 Å². The molecule has 2 aromatic rings. The van der Waals surface area contributed by atoms with Gasteiger partial charge in [-0.1, -0.05) is 13.8 Å². The van der Waals surface area contributed by atoms with Crippen molar-refractivity contribution in [1.82, 2.24) is 4.98 Å². The molecule has 0 spiro atoms. The minimum atomic E-state index is 0.541. The van der Waals surface area contributed by atoms with Crippen molar-refractivity contribution >= 4 is 21.6 Å². The van der Waals surface area contributed by atoms with Gasteiger partial charge in [0, 0.05) is 18.4 Å². The molecule has 0 N–H and O–H groups in total. The number of fused-ring (bicyclic) bond motifs is 1. The lowest BCUT2D eigenvalue weighted by atomic mass is 10.0. The summed E-state index contributed by atoms with van der Waals surface area (Å²) < 4.78 is 3.62. The van der Waals surface area contributed by atoms with Gasteiger partial charge in [0.2, 0.25) is 0 Å². The highest BCUT2D eigenvalue weighted by Crippen LogP contribution is 2.27. The normalized spacial score (nSPS) is 11.6. The minimum absolute atomic E-state index is 0.541. The van der Waals surface area contributed by atoms with Crippen molar-refractivity contribution in [1.29, 1.82) is 0 Å². The van der Waals surface area contributed by atoms with E-state index in [1.54, 1.807) is 11.3 Å². The Bertz CT molecular complexity index is 512. The molecule has 0 fully saturated rings. The molecule has 2 aromatic heterocycles. The second kappa shape index (κ2) is 3.56. The van der Waals surface area contributed by atoms with Crippen LogP contribution in [0, 0.1) is 13.8 Å². The van der Waals surface area contributed by atoms with E-state index in [9.17, 15) is 0 Å². The number of aromatic nitrogens is 2. The Hall–Kier alpha value is -0.960. The van der Waals surface area contributed by atoms with E-state index in [-0.39, 0.29) is 0 Å². The molecular formula is C12H17N2S+. The zero-order valence-corrected chi connectivity index (χ0v) is 10.8. The smallest absolute Gasteiger partial charge is 0.197 e. The lowest BCUT2D eigenvalue weighted by Gasteiger charge is -2.09. The third-order valence-electron chi connectivity index (χ3n) is 3.05. The van der Waals surface area contributed by atoms with E-state index in [1.165, 1.54) is 27.2 Å². The molecule has 2 heterocycles.